The lowest BCUT2D eigenvalue weighted by Gasteiger charge is -2.37. The minimum absolute atomic E-state index is 0.170. The Morgan fingerprint density at radius 2 is 1.84 bits per heavy atom. The number of benzene rings is 2. The molecule has 6 rings (SSSR count). The van der Waals surface area contributed by atoms with E-state index in [0.29, 0.717) is 39.1 Å². The molecular formula is C24H21Cl2N3O3. The maximum atomic E-state index is 14.0. The number of amides is 3. The van der Waals surface area contributed by atoms with Crippen molar-refractivity contribution in [2.24, 2.45) is 11.8 Å². The molecule has 8 heteroatoms. The van der Waals surface area contributed by atoms with Crippen molar-refractivity contribution in [3.8, 4) is 0 Å². The zero-order chi connectivity index (χ0) is 22.5. The number of aryl methyl sites for hydroxylation is 1. The Morgan fingerprint density at radius 1 is 1.06 bits per heavy atom. The molecule has 2 aromatic carbocycles. The number of carbonyl (C=O) groups is 3. The van der Waals surface area contributed by atoms with Crippen molar-refractivity contribution in [1.29, 1.82) is 0 Å². The second kappa shape index (κ2) is 6.56. The number of halogens is 2. The van der Waals surface area contributed by atoms with Gasteiger partial charge < -0.3 is 5.32 Å². The number of hydrogen-bond donors (Lipinski definition) is 1. The number of imide groups is 1. The highest BCUT2D eigenvalue weighted by molar-refractivity contribution is 6.35. The van der Waals surface area contributed by atoms with Crippen LogP contribution in [0.4, 0.5) is 11.4 Å². The molecule has 1 N–H and O–H groups in total. The first-order valence-corrected chi connectivity index (χ1v) is 11.6. The first-order valence-electron chi connectivity index (χ1n) is 10.8. The smallest absolute Gasteiger partial charge is 0.250 e. The Kier molecular flexibility index (Phi) is 4.15. The van der Waals surface area contributed by atoms with Crippen LogP contribution in [0, 0.1) is 25.7 Å². The first-order chi connectivity index (χ1) is 15.3. The molecule has 32 heavy (non-hydrogen) atoms. The molecule has 3 saturated heterocycles. The maximum Gasteiger partial charge on any atom is 0.250 e. The average Bonchev–Trinajstić information content (AvgIpc) is 3.44. The van der Waals surface area contributed by atoms with Crippen LogP contribution in [0.15, 0.2) is 30.3 Å². The fraction of sp³-hybridized carbons (Fsp3) is 0.375. The lowest BCUT2D eigenvalue weighted by Crippen LogP contribution is -2.54. The number of fused-ring (bicyclic) bond motifs is 7. The van der Waals surface area contributed by atoms with Crippen LogP contribution < -0.4 is 10.2 Å². The van der Waals surface area contributed by atoms with Gasteiger partial charge in [-0.2, -0.15) is 0 Å². The van der Waals surface area contributed by atoms with Crippen LogP contribution in [-0.2, 0) is 19.9 Å². The third kappa shape index (κ3) is 2.23. The van der Waals surface area contributed by atoms with Crippen LogP contribution in [-0.4, -0.2) is 35.2 Å². The third-order valence-electron chi connectivity index (χ3n) is 7.68. The summed E-state index contributed by atoms with van der Waals surface area (Å²) in [6.07, 6.45) is 1.64. The summed E-state index contributed by atoms with van der Waals surface area (Å²) in [6, 6.07) is 8.77. The Hall–Kier alpha value is -2.41. The topological polar surface area (TPSA) is 69.7 Å². The molecule has 4 atom stereocenters. The van der Waals surface area contributed by atoms with Gasteiger partial charge in [-0.05, 0) is 62.6 Å². The van der Waals surface area contributed by atoms with E-state index in [-0.39, 0.29) is 23.8 Å². The van der Waals surface area contributed by atoms with Crippen LogP contribution in [0.1, 0.15) is 29.5 Å². The van der Waals surface area contributed by atoms with E-state index in [9.17, 15) is 14.4 Å². The van der Waals surface area contributed by atoms with Gasteiger partial charge in [0.1, 0.15) is 5.54 Å². The molecule has 4 unspecified atom stereocenters. The molecular weight excluding hydrogens is 449 g/mol. The number of carbonyl (C=O) groups excluding carboxylic acids is 3. The number of nitrogens with zero attached hydrogens (tertiary/aromatic N) is 2. The highest BCUT2D eigenvalue weighted by atomic mass is 35.5. The molecule has 1 spiro atoms. The van der Waals surface area contributed by atoms with Crippen molar-refractivity contribution < 1.29 is 14.4 Å². The van der Waals surface area contributed by atoms with Crippen molar-refractivity contribution in [1.82, 2.24) is 4.90 Å². The summed E-state index contributed by atoms with van der Waals surface area (Å²) in [5.74, 6) is -2.26. The van der Waals surface area contributed by atoms with Crippen LogP contribution in [0.25, 0.3) is 0 Å². The van der Waals surface area contributed by atoms with Crippen LogP contribution >= 0.6 is 23.2 Å². The summed E-state index contributed by atoms with van der Waals surface area (Å²) in [4.78, 5) is 44.8. The summed E-state index contributed by atoms with van der Waals surface area (Å²) in [5, 5.41) is 3.88. The summed E-state index contributed by atoms with van der Waals surface area (Å²) >= 11 is 12.8. The van der Waals surface area contributed by atoms with Gasteiger partial charge in [0.05, 0.1) is 28.2 Å². The summed E-state index contributed by atoms with van der Waals surface area (Å²) < 4.78 is 0. The minimum atomic E-state index is -1.23. The van der Waals surface area contributed by atoms with Gasteiger partial charge in [0, 0.05) is 16.6 Å². The largest absolute Gasteiger partial charge is 0.323 e. The predicted molar refractivity (Wildman–Crippen MR) is 122 cm³/mol. The van der Waals surface area contributed by atoms with Crippen molar-refractivity contribution in [2.45, 2.75) is 38.3 Å². The van der Waals surface area contributed by atoms with Crippen molar-refractivity contribution in [3.63, 3.8) is 0 Å². The van der Waals surface area contributed by atoms with Crippen molar-refractivity contribution in [3.05, 3.63) is 57.1 Å². The average molecular weight is 470 g/mol. The van der Waals surface area contributed by atoms with Gasteiger partial charge in [-0.3, -0.25) is 19.3 Å². The second-order valence-electron chi connectivity index (χ2n) is 9.19. The van der Waals surface area contributed by atoms with Gasteiger partial charge in [-0.1, -0.05) is 35.3 Å². The Morgan fingerprint density at radius 3 is 2.62 bits per heavy atom. The standard InChI is InChI=1S/C24H21Cl2N3O3/c1-11-9-13-20(15(26)10-11)27-23(32)24(13)19-18(17-7-4-8-28(17)24)21(30)29(22(19)31)16-6-3-5-14(25)12(16)2/h3,5-6,9-10,17-19H,4,7-8H2,1-2H3,(H,27,32). The van der Waals surface area contributed by atoms with E-state index in [1.165, 1.54) is 4.90 Å². The minimum Gasteiger partial charge on any atom is -0.323 e. The number of anilines is 2. The lowest BCUT2D eigenvalue weighted by molar-refractivity contribution is -0.135. The molecule has 4 aliphatic rings. The van der Waals surface area contributed by atoms with Crippen molar-refractivity contribution >= 4 is 52.3 Å². The first kappa shape index (κ1) is 20.2. The molecule has 2 aromatic rings. The SMILES string of the molecule is Cc1cc(Cl)c2c(c1)C1(C(=O)N2)C2C(=O)N(c3cccc(Cl)c3C)C(=O)C2C2CCCN21. The Balaban J connectivity index is 1.59. The number of nitrogens with one attached hydrogen (secondary N) is 1. The molecule has 3 amide bonds. The third-order valence-corrected chi connectivity index (χ3v) is 8.39. The zero-order valence-corrected chi connectivity index (χ0v) is 19.1. The molecule has 4 heterocycles. The van der Waals surface area contributed by atoms with E-state index in [0.717, 1.165) is 18.4 Å². The lowest BCUT2D eigenvalue weighted by atomic mass is 9.75. The summed E-state index contributed by atoms with van der Waals surface area (Å²) in [7, 11) is 0. The van der Waals surface area contributed by atoms with E-state index in [1.54, 1.807) is 31.2 Å². The van der Waals surface area contributed by atoms with Gasteiger partial charge >= 0.3 is 0 Å². The van der Waals surface area contributed by atoms with E-state index in [2.05, 4.69) is 10.2 Å². The van der Waals surface area contributed by atoms with E-state index >= 15 is 0 Å². The number of rotatable bonds is 1. The number of hydrogen-bond acceptors (Lipinski definition) is 4. The highest BCUT2D eigenvalue weighted by Gasteiger charge is 2.74. The van der Waals surface area contributed by atoms with Crippen molar-refractivity contribution in [2.75, 3.05) is 16.8 Å². The highest BCUT2D eigenvalue weighted by Crippen LogP contribution is 2.61. The van der Waals surface area contributed by atoms with E-state index < -0.39 is 17.4 Å². The molecule has 0 radical (unpaired) electrons. The Labute approximate surface area is 195 Å². The monoisotopic (exact) mass is 469 g/mol. The molecule has 0 saturated carbocycles. The fourth-order valence-corrected chi connectivity index (χ4v) is 6.96. The van der Waals surface area contributed by atoms with Crippen LogP contribution in [0.2, 0.25) is 10.0 Å². The zero-order valence-electron chi connectivity index (χ0n) is 17.6. The fourth-order valence-electron chi connectivity index (χ4n) is 6.47. The second-order valence-corrected chi connectivity index (χ2v) is 10.0. The molecule has 6 nitrogen and oxygen atoms in total. The van der Waals surface area contributed by atoms with Crippen LogP contribution in [0.3, 0.4) is 0 Å². The van der Waals surface area contributed by atoms with Gasteiger partial charge in [0.25, 0.3) is 5.91 Å². The van der Waals surface area contributed by atoms with Gasteiger partial charge in [-0.15, -0.1) is 0 Å². The van der Waals surface area contributed by atoms with Crippen LogP contribution in [0.5, 0.6) is 0 Å². The maximum absolute atomic E-state index is 14.0. The molecule has 3 fully saturated rings. The quantitative estimate of drug-likeness (QED) is 0.639. The van der Waals surface area contributed by atoms with E-state index in [1.807, 2.05) is 13.0 Å². The molecule has 164 valence electrons. The predicted octanol–water partition coefficient (Wildman–Crippen LogP) is 4.04. The summed E-state index contributed by atoms with van der Waals surface area (Å²) in [5.41, 5.74) is 2.09. The van der Waals surface area contributed by atoms with Gasteiger partial charge in [0.2, 0.25) is 11.8 Å². The molecule has 0 bridgehead atoms. The van der Waals surface area contributed by atoms with Gasteiger partial charge in [0.15, 0.2) is 0 Å². The van der Waals surface area contributed by atoms with E-state index in [4.69, 9.17) is 23.2 Å². The molecule has 0 aromatic heterocycles. The Bertz CT molecular complexity index is 1250. The normalized spacial score (nSPS) is 30.8. The summed E-state index contributed by atoms with van der Waals surface area (Å²) in [6.45, 7) is 4.37. The molecule has 0 aliphatic carbocycles. The van der Waals surface area contributed by atoms with Gasteiger partial charge in [-0.25, -0.2) is 4.90 Å². The molecule has 4 aliphatic heterocycles.